The van der Waals surface area contributed by atoms with Crippen LogP contribution < -0.4 is 24.8 Å². The van der Waals surface area contributed by atoms with Gasteiger partial charge in [0.05, 0.1) is 39.4 Å². The van der Waals surface area contributed by atoms with Gasteiger partial charge in [-0.15, -0.1) is 0 Å². The molecule has 2 amide bonds. The second-order valence-corrected chi connectivity index (χ2v) is 13.6. The fourth-order valence-corrected chi connectivity index (χ4v) is 7.05. The Labute approximate surface area is 319 Å². The smallest absolute Gasteiger partial charge is 0.256 e. The topological polar surface area (TPSA) is 114 Å². The number of carbonyl (C=O) groups is 2. The molecule has 278 valence electrons. The van der Waals surface area contributed by atoms with E-state index in [0.29, 0.717) is 18.6 Å². The van der Waals surface area contributed by atoms with Gasteiger partial charge in [0, 0.05) is 53.2 Å². The summed E-state index contributed by atoms with van der Waals surface area (Å²) in [6, 6.07) is 36.0. The summed E-state index contributed by atoms with van der Waals surface area (Å²) in [5, 5.41) is 6.93. The predicted octanol–water partition coefficient (Wildman–Crippen LogP) is 7.90. The number of fused-ring (bicyclic) bond motifs is 3. The van der Waals surface area contributed by atoms with Crippen molar-refractivity contribution in [2.45, 2.75) is 6.42 Å². The number of amides is 2. The number of aromatic nitrogens is 1. The lowest BCUT2D eigenvalue weighted by molar-refractivity contribution is -0.115. The number of morpholine rings is 1. The summed E-state index contributed by atoms with van der Waals surface area (Å²) >= 11 is 0. The van der Waals surface area contributed by atoms with Gasteiger partial charge in [0.1, 0.15) is 23.9 Å². The molecule has 10 nitrogen and oxygen atoms in total. The lowest BCUT2D eigenvalue weighted by Gasteiger charge is -2.26. The Balaban J connectivity index is 0.000000198. The van der Waals surface area contributed by atoms with Crippen molar-refractivity contribution in [1.82, 2.24) is 9.88 Å². The summed E-state index contributed by atoms with van der Waals surface area (Å²) < 4.78 is 21.8. The van der Waals surface area contributed by atoms with Gasteiger partial charge in [0.2, 0.25) is 5.91 Å². The Kier molecular flexibility index (Phi) is 10.3. The summed E-state index contributed by atoms with van der Waals surface area (Å²) in [5.74, 6) is 2.46. The molecule has 3 N–H and O–H groups in total. The van der Waals surface area contributed by atoms with E-state index in [4.69, 9.17) is 18.9 Å². The highest BCUT2D eigenvalue weighted by Gasteiger charge is 2.25. The number of hydrogen-bond acceptors (Lipinski definition) is 7. The average Bonchev–Trinajstić information content (AvgIpc) is 3.91. The van der Waals surface area contributed by atoms with Crippen molar-refractivity contribution < 1.29 is 28.5 Å². The standard InChI is InChI=1S/C30H29N3O4.C15H13NO2/c1-35-24-5-2-20(3-6-24)21-4-8-26-27(30(34)32-29(26)18-21)19-23-16-22-17-25(7-9-28(22)31-23)37-15-12-33-10-13-36-14-11-33;1-18-13-6-4-10(5-7-13)11-2-3-12-9-15(17)16-14(12)8-11/h2-9,16-19,31H,10-15H2,1H3,(H,32,34);2-8H,9H2,1H3,(H,16,17). The number of H-pyrrole nitrogens is 1. The van der Waals surface area contributed by atoms with Crippen molar-refractivity contribution in [1.29, 1.82) is 0 Å². The molecular formula is C45H42N4O6. The Bertz CT molecular complexity index is 2380. The number of carbonyl (C=O) groups excluding carboxylic acids is 2. The molecule has 0 bridgehead atoms. The van der Waals surface area contributed by atoms with E-state index in [1.54, 1.807) is 14.2 Å². The largest absolute Gasteiger partial charge is 0.497 e. The summed E-state index contributed by atoms with van der Waals surface area (Å²) in [6.07, 6.45) is 2.39. The van der Waals surface area contributed by atoms with Crippen molar-refractivity contribution in [3.63, 3.8) is 0 Å². The number of rotatable bonds is 9. The highest BCUT2D eigenvalue weighted by Crippen LogP contribution is 2.37. The summed E-state index contributed by atoms with van der Waals surface area (Å²) in [6.45, 7) is 5.03. The number of hydrogen-bond donors (Lipinski definition) is 3. The number of nitrogens with one attached hydrogen (secondary N) is 3. The molecule has 0 atom stereocenters. The Morgan fingerprint density at radius 3 is 2.02 bits per heavy atom. The normalized spacial score (nSPS) is 15.5. The van der Waals surface area contributed by atoms with Crippen molar-refractivity contribution in [3.05, 3.63) is 126 Å². The number of methoxy groups -OCH3 is 2. The molecule has 1 fully saturated rings. The van der Waals surface area contributed by atoms with Crippen LogP contribution in [-0.4, -0.2) is 75.4 Å². The van der Waals surface area contributed by atoms with E-state index in [1.165, 1.54) is 0 Å². The fourth-order valence-electron chi connectivity index (χ4n) is 7.05. The monoisotopic (exact) mass is 734 g/mol. The number of nitrogens with zero attached hydrogens (tertiary/aromatic N) is 1. The van der Waals surface area contributed by atoms with Crippen LogP contribution in [0.25, 0.3) is 44.8 Å². The molecule has 9 rings (SSSR count). The van der Waals surface area contributed by atoms with E-state index in [1.807, 2.05) is 115 Å². The van der Waals surface area contributed by atoms with Crippen molar-refractivity contribution in [2.24, 2.45) is 0 Å². The minimum Gasteiger partial charge on any atom is -0.497 e. The minimum atomic E-state index is -0.104. The van der Waals surface area contributed by atoms with Gasteiger partial charge in [-0.3, -0.25) is 14.5 Å². The molecule has 6 aromatic rings. The van der Waals surface area contributed by atoms with Gasteiger partial charge < -0.3 is 34.6 Å². The van der Waals surface area contributed by atoms with Crippen molar-refractivity contribution in [2.75, 3.05) is 64.3 Å². The molecular weight excluding hydrogens is 693 g/mol. The van der Waals surface area contributed by atoms with Gasteiger partial charge in [0.15, 0.2) is 0 Å². The highest BCUT2D eigenvalue weighted by molar-refractivity contribution is 6.35. The van der Waals surface area contributed by atoms with Crippen LogP contribution in [-0.2, 0) is 20.7 Å². The molecule has 3 aliphatic rings. The first-order valence-corrected chi connectivity index (χ1v) is 18.4. The fraction of sp³-hybridized carbons (Fsp3) is 0.200. The Hall–Kier alpha value is -6.36. The average molecular weight is 735 g/mol. The zero-order valence-electron chi connectivity index (χ0n) is 30.8. The SMILES string of the molecule is COc1ccc(-c2ccc3c(c2)NC(=O)C3)cc1.COc1ccc(-c2ccc3c(c2)NC(=O)C3=Cc2cc3cc(OCCN4CCOCC4)ccc3[nH]2)cc1. The van der Waals surface area contributed by atoms with Gasteiger partial charge in [-0.25, -0.2) is 0 Å². The van der Waals surface area contributed by atoms with Crippen LogP contribution in [0.4, 0.5) is 11.4 Å². The molecule has 4 heterocycles. The van der Waals surface area contributed by atoms with Crippen LogP contribution in [0, 0.1) is 0 Å². The summed E-state index contributed by atoms with van der Waals surface area (Å²) in [4.78, 5) is 29.9. The number of benzene rings is 5. The van der Waals surface area contributed by atoms with Crippen molar-refractivity contribution >= 4 is 45.7 Å². The second-order valence-electron chi connectivity index (χ2n) is 13.6. The van der Waals surface area contributed by atoms with E-state index >= 15 is 0 Å². The van der Waals surface area contributed by atoms with E-state index in [2.05, 4.69) is 20.5 Å². The molecule has 0 aliphatic carbocycles. The number of anilines is 2. The highest BCUT2D eigenvalue weighted by atomic mass is 16.5. The molecule has 0 unspecified atom stereocenters. The van der Waals surface area contributed by atoms with E-state index < -0.39 is 0 Å². The van der Waals surface area contributed by atoms with E-state index in [-0.39, 0.29) is 11.8 Å². The van der Waals surface area contributed by atoms with Crippen molar-refractivity contribution in [3.8, 4) is 39.5 Å². The quantitative estimate of drug-likeness (QED) is 0.130. The Morgan fingerprint density at radius 1 is 0.691 bits per heavy atom. The van der Waals surface area contributed by atoms with Crippen LogP contribution in [0.1, 0.15) is 16.8 Å². The van der Waals surface area contributed by atoms with Crippen LogP contribution in [0.2, 0.25) is 0 Å². The lowest BCUT2D eigenvalue weighted by atomic mass is 10.00. The van der Waals surface area contributed by atoms with E-state index in [0.717, 1.165) is 111 Å². The first-order valence-electron chi connectivity index (χ1n) is 18.4. The Morgan fingerprint density at radius 2 is 1.33 bits per heavy atom. The predicted molar refractivity (Wildman–Crippen MR) is 217 cm³/mol. The number of aromatic amines is 1. The lowest BCUT2D eigenvalue weighted by Crippen LogP contribution is -2.38. The third-order valence-electron chi connectivity index (χ3n) is 10.1. The third kappa shape index (κ3) is 8.11. The maximum atomic E-state index is 12.8. The first-order chi connectivity index (χ1) is 26.9. The van der Waals surface area contributed by atoms with Gasteiger partial charge >= 0.3 is 0 Å². The molecule has 1 saturated heterocycles. The van der Waals surface area contributed by atoms with Crippen LogP contribution in [0.15, 0.2) is 109 Å². The van der Waals surface area contributed by atoms with Crippen LogP contribution >= 0.6 is 0 Å². The second kappa shape index (κ2) is 15.9. The molecule has 0 radical (unpaired) electrons. The maximum Gasteiger partial charge on any atom is 0.256 e. The van der Waals surface area contributed by atoms with Crippen LogP contribution in [0.3, 0.4) is 0 Å². The zero-order valence-corrected chi connectivity index (χ0v) is 30.8. The molecule has 0 saturated carbocycles. The molecule has 3 aliphatic heterocycles. The minimum absolute atomic E-state index is 0.0666. The molecule has 0 spiro atoms. The van der Waals surface area contributed by atoms with E-state index in [9.17, 15) is 9.59 Å². The molecule has 55 heavy (non-hydrogen) atoms. The zero-order chi connectivity index (χ0) is 37.7. The summed E-state index contributed by atoms with van der Waals surface area (Å²) in [5.41, 5.74) is 10.5. The number of ether oxygens (including phenoxy) is 4. The summed E-state index contributed by atoms with van der Waals surface area (Å²) in [7, 11) is 3.31. The van der Waals surface area contributed by atoms with Gasteiger partial charge in [0.25, 0.3) is 5.91 Å². The van der Waals surface area contributed by atoms with Crippen LogP contribution in [0.5, 0.6) is 17.2 Å². The first kappa shape index (κ1) is 35.7. The molecule has 1 aromatic heterocycles. The molecule has 5 aromatic carbocycles. The van der Waals surface area contributed by atoms with Gasteiger partial charge in [-0.1, -0.05) is 48.5 Å². The third-order valence-corrected chi connectivity index (χ3v) is 10.1. The van der Waals surface area contributed by atoms with Gasteiger partial charge in [-0.05, 0) is 94.6 Å². The molecule has 10 heteroatoms. The maximum absolute atomic E-state index is 12.8. The van der Waals surface area contributed by atoms with Gasteiger partial charge in [-0.2, -0.15) is 0 Å².